The van der Waals surface area contributed by atoms with E-state index in [0.717, 1.165) is 16.1 Å². The SMILES string of the molecule is CC(C)(NC(=O)c1cccc(-c2cc3c(C(=O)O)c(-c4ccc(F)cc4)nn3cc2N(CCO)S(C)(=O)=O)c1)c1ccccc1. The number of amides is 1. The van der Waals surface area contributed by atoms with Crippen LogP contribution in [0.15, 0.2) is 91.1 Å². The zero-order valence-electron chi connectivity index (χ0n) is 24.7. The first-order valence-electron chi connectivity index (χ1n) is 13.9. The molecule has 232 valence electrons. The van der Waals surface area contributed by atoms with E-state index in [1.165, 1.54) is 41.0 Å². The lowest BCUT2D eigenvalue weighted by atomic mass is 9.93. The fraction of sp³-hybridized carbons (Fsp3) is 0.182. The molecule has 0 saturated heterocycles. The number of aliphatic hydroxyl groups excluding tert-OH is 1. The van der Waals surface area contributed by atoms with Gasteiger partial charge in [0.15, 0.2) is 0 Å². The number of pyridine rings is 1. The molecule has 3 aromatic carbocycles. The van der Waals surface area contributed by atoms with Gasteiger partial charge in [-0.1, -0.05) is 42.5 Å². The van der Waals surface area contributed by atoms with Crippen molar-refractivity contribution < 1.29 is 32.6 Å². The number of sulfonamides is 1. The summed E-state index contributed by atoms with van der Waals surface area (Å²) in [4.78, 5) is 26.0. The van der Waals surface area contributed by atoms with Crippen molar-refractivity contribution in [3.05, 3.63) is 114 Å². The van der Waals surface area contributed by atoms with Gasteiger partial charge in [0.25, 0.3) is 5.91 Å². The van der Waals surface area contributed by atoms with Crippen molar-refractivity contribution in [1.29, 1.82) is 0 Å². The molecule has 2 heterocycles. The second-order valence-corrected chi connectivity index (χ2v) is 12.9. The normalized spacial score (nSPS) is 11.8. The predicted octanol–water partition coefficient (Wildman–Crippen LogP) is 4.93. The molecular formula is C33H31FN4O6S. The predicted molar refractivity (Wildman–Crippen MR) is 169 cm³/mol. The van der Waals surface area contributed by atoms with E-state index in [1.807, 2.05) is 44.2 Å². The minimum absolute atomic E-state index is 0.0509. The molecule has 0 bridgehead atoms. The molecule has 10 nitrogen and oxygen atoms in total. The maximum Gasteiger partial charge on any atom is 0.340 e. The second-order valence-electron chi connectivity index (χ2n) is 11.0. The third kappa shape index (κ3) is 6.42. The van der Waals surface area contributed by atoms with Crippen LogP contribution in [0.2, 0.25) is 0 Å². The van der Waals surface area contributed by atoms with Crippen molar-refractivity contribution in [2.75, 3.05) is 23.7 Å². The van der Waals surface area contributed by atoms with E-state index in [0.29, 0.717) is 11.1 Å². The summed E-state index contributed by atoms with van der Waals surface area (Å²) in [5, 5.41) is 27.4. The number of anilines is 1. The first-order chi connectivity index (χ1) is 21.3. The quantitative estimate of drug-likeness (QED) is 0.199. The van der Waals surface area contributed by atoms with Gasteiger partial charge in [-0.2, -0.15) is 5.10 Å². The molecule has 0 spiro atoms. The monoisotopic (exact) mass is 630 g/mol. The molecule has 5 aromatic rings. The molecule has 0 atom stereocenters. The number of rotatable bonds is 10. The van der Waals surface area contributed by atoms with Crippen molar-refractivity contribution in [2.24, 2.45) is 0 Å². The van der Waals surface area contributed by atoms with Crippen molar-refractivity contribution in [3.8, 4) is 22.4 Å². The third-order valence-corrected chi connectivity index (χ3v) is 8.59. The fourth-order valence-electron chi connectivity index (χ4n) is 5.20. The Morgan fingerprint density at radius 1 is 0.978 bits per heavy atom. The number of aromatic nitrogens is 2. The van der Waals surface area contributed by atoms with Crippen LogP contribution in [0.25, 0.3) is 27.9 Å². The first-order valence-corrected chi connectivity index (χ1v) is 15.8. The number of carboxylic acid groups (broad SMARTS) is 1. The van der Waals surface area contributed by atoms with Crippen LogP contribution in [0, 0.1) is 5.82 Å². The van der Waals surface area contributed by atoms with Crippen molar-refractivity contribution >= 4 is 33.1 Å². The van der Waals surface area contributed by atoms with Crippen LogP contribution in [0.4, 0.5) is 10.1 Å². The zero-order chi connectivity index (χ0) is 32.5. The molecule has 0 aliphatic heterocycles. The number of carboxylic acids is 1. The number of benzene rings is 3. The molecule has 0 saturated carbocycles. The highest BCUT2D eigenvalue weighted by atomic mass is 32.2. The summed E-state index contributed by atoms with van der Waals surface area (Å²) in [6.07, 6.45) is 2.36. The Kier molecular flexibility index (Phi) is 8.46. The van der Waals surface area contributed by atoms with E-state index in [9.17, 15) is 32.6 Å². The summed E-state index contributed by atoms with van der Waals surface area (Å²) < 4.78 is 41.8. The molecular weight excluding hydrogens is 599 g/mol. The maximum absolute atomic E-state index is 13.6. The Bertz CT molecular complexity index is 2010. The summed E-state index contributed by atoms with van der Waals surface area (Å²) in [6.45, 7) is 2.96. The topological polar surface area (TPSA) is 141 Å². The van der Waals surface area contributed by atoms with Gasteiger partial charge in [-0.15, -0.1) is 0 Å². The van der Waals surface area contributed by atoms with E-state index >= 15 is 0 Å². The minimum Gasteiger partial charge on any atom is -0.478 e. The Morgan fingerprint density at radius 2 is 1.67 bits per heavy atom. The van der Waals surface area contributed by atoms with Gasteiger partial charge < -0.3 is 15.5 Å². The Balaban J connectivity index is 1.70. The van der Waals surface area contributed by atoms with Gasteiger partial charge in [0, 0.05) is 16.7 Å². The van der Waals surface area contributed by atoms with Crippen molar-refractivity contribution in [1.82, 2.24) is 14.9 Å². The molecule has 3 N–H and O–H groups in total. The van der Waals surface area contributed by atoms with Crippen LogP contribution in [-0.2, 0) is 15.6 Å². The zero-order valence-corrected chi connectivity index (χ0v) is 25.5. The van der Waals surface area contributed by atoms with E-state index in [-0.39, 0.29) is 46.0 Å². The standard InChI is InChI=1S/C33H31FN4O6S/c1-33(2,24-10-5-4-6-11-24)35-31(40)23-9-7-8-22(18-23)26-19-27-29(32(41)42)30(21-12-14-25(34)15-13-21)36-37(27)20-28(26)38(16-17-39)45(3,43)44/h4-15,18-20,39H,16-17H2,1-3H3,(H,35,40)(H,41,42). The van der Waals surface area contributed by atoms with E-state index < -0.39 is 34.0 Å². The number of nitrogens with zero attached hydrogens (tertiary/aromatic N) is 3. The molecule has 12 heteroatoms. The number of hydrogen-bond acceptors (Lipinski definition) is 6. The number of aromatic carboxylic acids is 1. The third-order valence-electron chi connectivity index (χ3n) is 7.41. The first kappa shape index (κ1) is 31.4. The lowest BCUT2D eigenvalue weighted by Crippen LogP contribution is -2.40. The minimum atomic E-state index is -3.94. The average molecular weight is 631 g/mol. The van der Waals surface area contributed by atoms with Crippen LogP contribution in [0.3, 0.4) is 0 Å². The number of carbonyl (C=O) groups excluding carboxylic acids is 1. The lowest BCUT2D eigenvalue weighted by molar-refractivity contribution is 0.0699. The molecule has 0 fully saturated rings. The summed E-state index contributed by atoms with van der Waals surface area (Å²) in [6, 6.07) is 22.6. The average Bonchev–Trinajstić information content (AvgIpc) is 3.38. The van der Waals surface area contributed by atoms with Gasteiger partial charge in [-0.05, 0) is 67.4 Å². The molecule has 1 amide bonds. The number of aliphatic hydroxyl groups is 1. The second kappa shape index (κ2) is 12.1. The molecule has 45 heavy (non-hydrogen) atoms. The molecule has 0 aliphatic rings. The highest BCUT2D eigenvalue weighted by Crippen LogP contribution is 2.37. The Hall–Kier alpha value is -5.07. The summed E-state index contributed by atoms with van der Waals surface area (Å²) >= 11 is 0. The van der Waals surface area contributed by atoms with E-state index in [4.69, 9.17) is 0 Å². The summed E-state index contributed by atoms with van der Waals surface area (Å²) in [5.41, 5.74) is 1.63. The van der Waals surface area contributed by atoms with Crippen molar-refractivity contribution in [2.45, 2.75) is 19.4 Å². The number of carbonyl (C=O) groups is 2. The molecule has 0 unspecified atom stereocenters. The maximum atomic E-state index is 13.6. The van der Waals surface area contributed by atoms with Gasteiger partial charge in [0.1, 0.15) is 17.1 Å². The highest BCUT2D eigenvalue weighted by molar-refractivity contribution is 7.92. The lowest BCUT2D eigenvalue weighted by Gasteiger charge is -2.27. The fourth-order valence-corrected chi connectivity index (χ4v) is 6.11. The van der Waals surface area contributed by atoms with Crippen LogP contribution in [0.1, 0.15) is 40.1 Å². The highest BCUT2D eigenvalue weighted by Gasteiger charge is 2.28. The molecule has 0 radical (unpaired) electrons. The largest absolute Gasteiger partial charge is 0.478 e. The van der Waals surface area contributed by atoms with Gasteiger partial charge in [-0.3, -0.25) is 9.10 Å². The van der Waals surface area contributed by atoms with E-state index in [2.05, 4.69) is 10.4 Å². The number of fused-ring (bicyclic) bond motifs is 1. The Morgan fingerprint density at radius 3 is 2.29 bits per heavy atom. The van der Waals surface area contributed by atoms with Crippen LogP contribution in [0.5, 0.6) is 0 Å². The van der Waals surface area contributed by atoms with Crippen LogP contribution >= 0.6 is 0 Å². The Labute approximate surface area is 259 Å². The van der Waals surface area contributed by atoms with Crippen LogP contribution < -0.4 is 9.62 Å². The van der Waals surface area contributed by atoms with Gasteiger partial charge in [0.2, 0.25) is 10.0 Å². The van der Waals surface area contributed by atoms with E-state index in [1.54, 1.807) is 24.3 Å². The van der Waals surface area contributed by atoms with Gasteiger partial charge in [-0.25, -0.2) is 22.1 Å². The summed E-state index contributed by atoms with van der Waals surface area (Å²) in [7, 11) is -3.94. The molecule has 0 aliphatic carbocycles. The summed E-state index contributed by atoms with van der Waals surface area (Å²) in [5.74, 6) is -2.18. The van der Waals surface area contributed by atoms with Gasteiger partial charge >= 0.3 is 5.97 Å². The molecule has 5 rings (SSSR count). The van der Waals surface area contributed by atoms with Gasteiger partial charge in [0.05, 0.1) is 42.3 Å². The van der Waals surface area contributed by atoms with Crippen molar-refractivity contribution in [3.63, 3.8) is 0 Å². The number of halogens is 1. The smallest absolute Gasteiger partial charge is 0.340 e. The number of nitrogens with one attached hydrogen (secondary N) is 1. The van der Waals surface area contributed by atoms with Crippen LogP contribution in [-0.4, -0.2) is 59.5 Å². The number of hydrogen-bond donors (Lipinski definition) is 3. The molecule has 2 aromatic heterocycles.